The summed E-state index contributed by atoms with van der Waals surface area (Å²) in [6, 6.07) is -0.0116. The SMILES string of the molecule is CCCCC(N=O)C(C)(C)C. The number of hydrogen-bond donors (Lipinski definition) is 0. The molecule has 0 aromatic rings. The van der Waals surface area contributed by atoms with Crippen molar-refractivity contribution in [3.8, 4) is 0 Å². The summed E-state index contributed by atoms with van der Waals surface area (Å²) < 4.78 is 0. The minimum Gasteiger partial charge on any atom is -0.150 e. The maximum absolute atomic E-state index is 10.4. The molecule has 0 aliphatic heterocycles. The fourth-order valence-electron chi connectivity index (χ4n) is 1.04. The van der Waals surface area contributed by atoms with Gasteiger partial charge in [0.1, 0.15) is 0 Å². The Labute approximate surface area is 69.4 Å². The molecule has 0 aromatic heterocycles. The Balaban J connectivity index is 3.86. The molecule has 11 heavy (non-hydrogen) atoms. The molecule has 66 valence electrons. The van der Waals surface area contributed by atoms with Crippen LogP contribution < -0.4 is 0 Å². The third-order valence-corrected chi connectivity index (χ3v) is 1.96. The average Bonchev–Trinajstić information content (AvgIpc) is 1.87. The average molecular weight is 157 g/mol. The lowest BCUT2D eigenvalue weighted by molar-refractivity contribution is 0.301. The van der Waals surface area contributed by atoms with E-state index in [9.17, 15) is 4.91 Å². The van der Waals surface area contributed by atoms with Crippen molar-refractivity contribution < 1.29 is 0 Å². The van der Waals surface area contributed by atoms with Crippen LogP contribution in [0.2, 0.25) is 0 Å². The summed E-state index contributed by atoms with van der Waals surface area (Å²) in [4.78, 5) is 10.4. The molecule has 0 aromatic carbocycles. The molecule has 0 heterocycles. The molecule has 2 heteroatoms. The summed E-state index contributed by atoms with van der Waals surface area (Å²) >= 11 is 0. The van der Waals surface area contributed by atoms with Crippen molar-refractivity contribution in [3.05, 3.63) is 4.91 Å². The zero-order valence-electron chi connectivity index (χ0n) is 8.05. The lowest BCUT2D eigenvalue weighted by Crippen LogP contribution is -2.23. The Hall–Kier alpha value is -0.400. The molecule has 0 amide bonds. The lowest BCUT2D eigenvalue weighted by atomic mass is 9.84. The van der Waals surface area contributed by atoms with Crippen molar-refractivity contribution in [1.29, 1.82) is 0 Å². The Bertz CT molecular complexity index is 115. The van der Waals surface area contributed by atoms with Crippen LogP contribution in [0.4, 0.5) is 0 Å². The second-order valence-corrected chi connectivity index (χ2v) is 4.13. The van der Waals surface area contributed by atoms with Crippen molar-refractivity contribution >= 4 is 0 Å². The molecular weight excluding hydrogens is 138 g/mol. The molecule has 0 bridgehead atoms. The van der Waals surface area contributed by atoms with Gasteiger partial charge in [-0.3, -0.25) is 0 Å². The highest BCUT2D eigenvalue weighted by Gasteiger charge is 2.24. The Morgan fingerprint density at radius 1 is 1.36 bits per heavy atom. The topological polar surface area (TPSA) is 29.4 Å². The third-order valence-electron chi connectivity index (χ3n) is 1.96. The monoisotopic (exact) mass is 157 g/mol. The van der Waals surface area contributed by atoms with Gasteiger partial charge in [-0.05, 0) is 11.8 Å². The van der Waals surface area contributed by atoms with Crippen LogP contribution in [0.5, 0.6) is 0 Å². The van der Waals surface area contributed by atoms with Crippen LogP contribution in [0.15, 0.2) is 5.18 Å². The molecule has 1 unspecified atom stereocenters. The van der Waals surface area contributed by atoms with Gasteiger partial charge in [0.2, 0.25) is 0 Å². The molecule has 0 saturated heterocycles. The molecule has 0 aliphatic carbocycles. The first kappa shape index (κ1) is 10.6. The van der Waals surface area contributed by atoms with Gasteiger partial charge < -0.3 is 0 Å². The molecule has 0 rings (SSSR count). The summed E-state index contributed by atoms with van der Waals surface area (Å²) in [6.45, 7) is 8.32. The molecule has 0 radical (unpaired) electrons. The first-order valence-electron chi connectivity index (χ1n) is 4.34. The number of unbranched alkanes of at least 4 members (excludes halogenated alkanes) is 1. The smallest absolute Gasteiger partial charge is 0.0967 e. The molecular formula is C9H19NO. The van der Waals surface area contributed by atoms with Gasteiger partial charge in [-0.25, -0.2) is 0 Å². The molecule has 0 fully saturated rings. The van der Waals surface area contributed by atoms with Crippen molar-refractivity contribution in [2.24, 2.45) is 10.6 Å². The van der Waals surface area contributed by atoms with Crippen LogP contribution in [0, 0.1) is 10.3 Å². The standard InChI is InChI=1S/C9H19NO/c1-5-6-7-8(10-11)9(2,3)4/h8H,5-7H2,1-4H3. The van der Waals surface area contributed by atoms with E-state index in [1.807, 2.05) is 0 Å². The number of nitrogens with zero attached hydrogens (tertiary/aromatic N) is 1. The van der Waals surface area contributed by atoms with Gasteiger partial charge in [0.15, 0.2) is 0 Å². The minimum absolute atomic E-state index is 0.0116. The van der Waals surface area contributed by atoms with Crippen molar-refractivity contribution in [2.75, 3.05) is 0 Å². The second kappa shape index (κ2) is 4.47. The quantitative estimate of drug-likeness (QED) is 0.575. The highest BCUT2D eigenvalue weighted by molar-refractivity contribution is 4.79. The molecule has 0 N–H and O–H groups in total. The summed E-state index contributed by atoms with van der Waals surface area (Å²) in [7, 11) is 0. The van der Waals surface area contributed by atoms with E-state index in [4.69, 9.17) is 0 Å². The fourth-order valence-corrected chi connectivity index (χ4v) is 1.04. The first-order chi connectivity index (χ1) is 5.02. The summed E-state index contributed by atoms with van der Waals surface area (Å²) in [5, 5.41) is 3.15. The number of rotatable bonds is 4. The number of nitroso groups, excluding NO2 is 1. The first-order valence-corrected chi connectivity index (χ1v) is 4.34. The van der Waals surface area contributed by atoms with Crippen LogP contribution in [0.1, 0.15) is 47.0 Å². The summed E-state index contributed by atoms with van der Waals surface area (Å²) in [5.74, 6) is 0. The normalized spacial score (nSPS) is 14.5. The van der Waals surface area contributed by atoms with Crippen LogP contribution in [-0.4, -0.2) is 6.04 Å². The Morgan fingerprint density at radius 2 is 1.91 bits per heavy atom. The van der Waals surface area contributed by atoms with Gasteiger partial charge in [-0.2, -0.15) is 4.91 Å². The Kier molecular flexibility index (Phi) is 4.31. The highest BCUT2D eigenvalue weighted by atomic mass is 16.3. The van der Waals surface area contributed by atoms with Crippen molar-refractivity contribution in [2.45, 2.75) is 53.0 Å². The van der Waals surface area contributed by atoms with Crippen LogP contribution >= 0.6 is 0 Å². The van der Waals surface area contributed by atoms with Crippen LogP contribution in [0.25, 0.3) is 0 Å². The van der Waals surface area contributed by atoms with E-state index >= 15 is 0 Å². The van der Waals surface area contributed by atoms with E-state index < -0.39 is 0 Å². The van der Waals surface area contributed by atoms with Gasteiger partial charge in [0.05, 0.1) is 6.04 Å². The third kappa shape index (κ3) is 4.12. The minimum atomic E-state index is -0.0116. The summed E-state index contributed by atoms with van der Waals surface area (Å²) in [6.07, 6.45) is 3.18. The maximum atomic E-state index is 10.4. The van der Waals surface area contributed by atoms with Gasteiger partial charge in [0, 0.05) is 0 Å². The van der Waals surface area contributed by atoms with Gasteiger partial charge >= 0.3 is 0 Å². The summed E-state index contributed by atoms with van der Waals surface area (Å²) in [5.41, 5.74) is 0.0386. The van der Waals surface area contributed by atoms with Gasteiger partial charge in [-0.1, -0.05) is 45.7 Å². The van der Waals surface area contributed by atoms with E-state index in [0.717, 1.165) is 19.3 Å². The fraction of sp³-hybridized carbons (Fsp3) is 1.00. The van der Waals surface area contributed by atoms with Crippen LogP contribution in [0.3, 0.4) is 0 Å². The molecule has 1 atom stereocenters. The maximum Gasteiger partial charge on any atom is 0.0967 e. The predicted molar refractivity (Wildman–Crippen MR) is 48.6 cm³/mol. The zero-order valence-corrected chi connectivity index (χ0v) is 8.05. The van der Waals surface area contributed by atoms with Crippen molar-refractivity contribution in [3.63, 3.8) is 0 Å². The lowest BCUT2D eigenvalue weighted by Gasteiger charge is -2.23. The van der Waals surface area contributed by atoms with E-state index in [0.29, 0.717) is 0 Å². The van der Waals surface area contributed by atoms with Crippen molar-refractivity contribution in [1.82, 2.24) is 0 Å². The van der Waals surface area contributed by atoms with Gasteiger partial charge in [0.25, 0.3) is 0 Å². The zero-order chi connectivity index (χ0) is 8.91. The second-order valence-electron chi connectivity index (χ2n) is 4.13. The highest BCUT2D eigenvalue weighted by Crippen LogP contribution is 2.25. The molecule has 2 nitrogen and oxygen atoms in total. The number of hydrogen-bond acceptors (Lipinski definition) is 2. The predicted octanol–water partition coefficient (Wildman–Crippen LogP) is 3.36. The Morgan fingerprint density at radius 3 is 2.18 bits per heavy atom. The molecule has 0 aliphatic rings. The van der Waals surface area contributed by atoms with E-state index in [-0.39, 0.29) is 11.5 Å². The molecule has 0 spiro atoms. The van der Waals surface area contributed by atoms with E-state index in [2.05, 4.69) is 32.9 Å². The largest absolute Gasteiger partial charge is 0.150 e. The van der Waals surface area contributed by atoms with E-state index in [1.54, 1.807) is 0 Å². The molecule has 0 saturated carbocycles. The van der Waals surface area contributed by atoms with E-state index in [1.165, 1.54) is 0 Å². The van der Waals surface area contributed by atoms with Crippen LogP contribution in [-0.2, 0) is 0 Å². The van der Waals surface area contributed by atoms with Gasteiger partial charge in [-0.15, -0.1) is 0 Å².